The molecule has 1 aromatic rings. The van der Waals surface area contributed by atoms with Crippen molar-refractivity contribution in [2.45, 2.75) is 12.5 Å². The first-order valence-corrected chi connectivity index (χ1v) is 4.67. The molecule has 0 saturated carbocycles. The standard InChI is InChI=1S/C10H8N2O6/c1-2-3-6(10(14)15)11-9(13)7-4-5-8(18-7)12(16)17/h1,4-6H,3H2,(H,11,13)(H,14,15). The Bertz CT molecular complexity index is 527. The zero-order valence-electron chi connectivity index (χ0n) is 8.95. The van der Waals surface area contributed by atoms with Gasteiger partial charge in [0.05, 0.1) is 6.07 Å². The quantitative estimate of drug-likeness (QED) is 0.444. The van der Waals surface area contributed by atoms with Crippen molar-refractivity contribution < 1.29 is 24.0 Å². The second-order valence-electron chi connectivity index (χ2n) is 3.17. The van der Waals surface area contributed by atoms with E-state index < -0.39 is 28.7 Å². The summed E-state index contributed by atoms with van der Waals surface area (Å²) in [6.45, 7) is 0. The van der Waals surface area contributed by atoms with Gasteiger partial charge in [-0.25, -0.2) is 4.79 Å². The predicted octanol–water partition coefficient (Wildman–Crippen LogP) is 0.394. The van der Waals surface area contributed by atoms with E-state index >= 15 is 0 Å². The van der Waals surface area contributed by atoms with Crippen LogP contribution in [0.5, 0.6) is 0 Å². The number of nitrogens with zero attached hydrogens (tertiary/aromatic N) is 1. The molecule has 2 N–H and O–H groups in total. The summed E-state index contributed by atoms with van der Waals surface area (Å²) in [4.78, 5) is 31.7. The third-order valence-corrected chi connectivity index (χ3v) is 1.92. The van der Waals surface area contributed by atoms with E-state index in [1.165, 1.54) is 0 Å². The van der Waals surface area contributed by atoms with Crippen LogP contribution in [0.2, 0.25) is 0 Å². The first kappa shape index (κ1) is 13.2. The summed E-state index contributed by atoms with van der Waals surface area (Å²) in [5.41, 5.74) is 0. The fourth-order valence-corrected chi connectivity index (χ4v) is 1.10. The maximum atomic E-state index is 11.5. The lowest BCUT2D eigenvalue weighted by Crippen LogP contribution is -2.40. The number of carbonyl (C=O) groups is 2. The van der Waals surface area contributed by atoms with Crippen LogP contribution in [0.3, 0.4) is 0 Å². The SMILES string of the molecule is C#CCC(NC(=O)c1ccc([N+](=O)[O-])o1)C(=O)O. The summed E-state index contributed by atoms with van der Waals surface area (Å²) in [5, 5.41) is 21.2. The highest BCUT2D eigenvalue weighted by atomic mass is 16.6. The van der Waals surface area contributed by atoms with Crippen LogP contribution in [0.25, 0.3) is 0 Å². The number of nitrogens with one attached hydrogen (secondary N) is 1. The molecule has 1 amide bonds. The minimum absolute atomic E-state index is 0.204. The smallest absolute Gasteiger partial charge is 0.433 e. The highest BCUT2D eigenvalue weighted by Crippen LogP contribution is 2.15. The molecule has 0 radical (unpaired) electrons. The topological polar surface area (TPSA) is 123 Å². The van der Waals surface area contributed by atoms with Crippen molar-refractivity contribution in [2.24, 2.45) is 0 Å². The fraction of sp³-hybridized carbons (Fsp3) is 0.200. The van der Waals surface area contributed by atoms with Crippen molar-refractivity contribution in [3.8, 4) is 12.3 Å². The molecule has 0 aliphatic carbocycles. The lowest BCUT2D eigenvalue weighted by atomic mass is 10.2. The van der Waals surface area contributed by atoms with Crippen LogP contribution in [0.4, 0.5) is 5.88 Å². The number of hydrogen-bond donors (Lipinski definition) is 2. The molecule has 0 aliphatic heterocycles. The molecule has 94 valence electrons. The number of aliphatic carboxylic acids is 1. The third kappa shape index (κ3) is 3.08. The fourth-order valence-electron chi connectivity index (χ4n) is 1.10. The number of carboxylic acids is 1. The first-order valence-electron chi connectivity index (χ1n) is 4.67. The molecular weight excluding hydrogens is 244 g/mol. The molecule has 0 bridgehead atoms. The van der Waals surface area contributed by atoms with Crippen LogP contribution in [0.1, 0.15) is 17.0 Å². The molecule has 8 heteroatoms. The Balaban J connectivity index is 2.77. The van der Waals surface area contributed by atoms with Crippen LogP contribution in [0.15, 0.2) is 16.5 Å². The number of terminal acetylenes is 1. The van der Waals surface area contributed by atoms with E-state index in [-0.39, 0.29) is 12.2 Å². The summed E-state index contributed by atoms with van der Waals surface area (Å²) in [6.07, 6.45) is 4.74. The number of furan rings is 1. The van der Waals surface area contributed by atoms with Gasteiger partial charge in [0.1, 0.15) is 11.0 Å². The summed E-state index contributed by atoms with van der Waals surface area (Å²) in [7, 11) is 0. The minimum Gasteiger partial charge on any atom is -0.480 e. The van der Waals surface area contributed by atoms with Crippen LogP contribution in [0, 0.1) is 22.5 Å². The van der Waals surface area contributed by atoms with E-state index in [1.54, 1.807) is 0 Å². The van der Waals surface area contributed by atoms with E-state index in [1.807, 2.05) is 0 Å². The summed E-state index contributed by atoms with van der Waals surface area (Å²) in [5.74, 6) is -1.06. The molecular formula is C10H8N2O6. The first-order chi connectivity index (χ1) is 8.45. The highest BCUT2D eigenvalue weighted by molar-refractivity contribution is 5.94. The van der Waals surface area contributed by atoms with E-state index in [2.05, 4.69) is 15.7 Å². The van der Waals surface area contributed by atoms with Crippen LogP contribution in [-0.4, -0.2) is 27.9 Å². The molecule has 0 saturated heterocycles. The third-order valence-electron chi connectivity index (χ3n) is 1.92. The Hall–Kier alpha value is -2.82. The van der Waals surface area contributed by atoms with Gasteiger partial charge < -0.3 is 14.8 Å². The molecule has 0 aliphatic rings. The molecule has 8 nitrogen and oxygen atoms in total. The molecule has 18 heavy (non-hydrogen) atoms. The average Bonchev–Trinajstić information content (AvgIpc) is 2.77. The van der Waals surface area contributed by atoms with Gasteiger partial charge in [0.15, 0.2) is 5.76 Å². The largest absolute Gasteiger partial charge is 0.480 e. The Morgan fingerprint density at radius 1 is 1.61 bits per heavy atom. The van der Waals surface area contributed by atoms with Crippen LogP contribution >= 0.6 is 0 Å². The van der Waals surface area contributed by atoms with Crippen molar-refractivity contribution in [1.29, 1.82) is 0 Å². The van der Waals surface area contributed by atoms with Gasteiger partial charge in [-0.15, -0.1) is 12.3 Å². The zero-order chi connectivity index (χ0) is 13.7. The lowest BCUT2D eigenvalue weighted by molar-refractivity contribution is -0.402. The Kier molecular flexibility index (Phi) is 4.04. The number of carbonyl (C=O) groups excluding carboxylic acids is 1. The second kappa shape index (κ2) is 5.49. The average molecular weight is 252 g/mol. The van der Waals surface area contributed by atoms with Gasteiger partial charge in [0.25, 0.3) is 5.91 Å². The Labute approximate surface area is 101 Å². The molecule has 0 aromatic carbocycles. The molecule has 0 spiro atoms. The molecule has 1 aromatic heterocycles. The van der Waals surface area contributed by atoms with Gasteiger partial charge >= 0.3 is 11.9 Å². The summed E-state index contributed by atoms with van der Waals surface area (Å²) in [6, 6.07) is 0.792. The number of nitro groups is 1. The number of carboxylic acid groups (broad SMARTS) is 1. The Morgan fingerprint density at radius 2 is 2.28 bits per heavy atom. The number of amides is 1. The summed E-state index contributed by atoms with van der Waals surface area (Å²) >= 11 is 0. The molecule has 1 rings (SSSR count). The van der Waals surface area contributed by atoms with Gasteiger partial charge in [-0.05, 0) is 6.07 Å². The highest BCUT2D eigenvalue weighted by Gasteiger charge is 2.23. The number of rotatable bonds is 5. The van der Waals surface area contributed by atoms with E-state index in [4.69, 9.17) is 11.5 Å². The van der Waals surface area contributed by atoms with E-state index in [9.17, 15) is 19.7 Å². The van der Waals surface area contributed by atoms with Crippen LogP contribution in [-0.2, 0) is 4.79 Å². The van der Waals surface area contributed by atoms with Crippen molar-refractivity contribution in [2.75, 3.05) is 0 Å². The second-order valence-corrected chi connectivity index (χ2v) is 3.17. The van der Waals surface area contributed by atoms with Crippen molar-refractivity contribution >= 4 is 17.8 Å². The van der Waals surface area contributed by atoms with E-state index in [0.29, 0.717) is 0 Å². The normalized spacial score (nSPS) is 11.3. The molecule has 0 fully saturated rings. The van der Waals surface area contributed by atoms with Crippen LogP contribution < -0.4 is 5.32 Å². The van der Waals surface area contributed by atoms with Crippen molar-refractivity contribution in [3.05, 3.63) is 28.0 Å². The zero-order valence-corrected chi connectivity index (χ0v) is 8.95. The molecule has 1 unspecified atom stereocenters. The van der Waals surface area contributed by atoms with Crippen molar-refractivity contribution in [3.63, 3.8) is 0 Å². The number of hydrogen-bond acceptors (Lipinski definition) is 5. The molecule has 1 atom stereocenters. The van der Waals surface area contributed by atoms with Gasteiger partial charge in [-0.2, -0.15) is 0 Å². The minimum atomic E-state index is -1.30. The monoisotopic (exact) mass is 252 g/mol. The maximum Gasteiger partial charge on any atom is 0.433 e. The van der Waals surface area contributed by atoms with Gasteiger partial charge in [-0.3, -0.25) is 14.9 Å². The van der Waals surface area contributed by atoms with Gasteiger partial charge in [0, 0.05) is 6.42 Å². The summed E-state index contributed by atoms with van der Waals surface area (Å²) < 4.78 is 4.61. The van der Waals surface area contributed by atoms with E-state index in [0.717, 1.165) is 12.1 Å². The van der Waals surface area contributed by atoms with Gasteiger partial charge in [0.2, 0.25) is 0 Å². The lowest BCUT2D eigenvalue weighted by Gasteiger charge is -2.09. The Morgan fingerprint density at radius 3 is 2.72 bits per heavy atom. The maximum absolute atomic E-state index is 11.5. The molecule has 1 heterocycles. The van der Waals surface area contributed by atoms with Gasteiger partial charge in [-0.1, -0.05) is 0 Å². The van der Waals surface area contributed by atoms with Crippen molar-refractivity contribution in [1.82, 2.24) is 5.32 Å². The predicted molar refractivity (Wildman–Crippen MR) is 57.7 cm³/mol.